The number of anilines is 1. The number of rotatable bonds is 5. The van der Waals surface area contributed by atoms with Gasteiger partial charge in [0.05, 0.1) is 4.90 Å². The molecule has 27 heavy (non-hydrogen) atoms. The molecule has 2 aromatic rings. The van der Waals surface area contributed by atoms with Crippen LogP contribution in [0, 0.1) is 0 Å². The van der Waals surface area contributed by atoms with Crippen molar-refractivity contribution in [2.45, 2.75) is 43.5 Å². The number of carbonyl (C=O) groups excluding carboxylic acids is 1. The Bertz CT molecular complexity index is 913. The summed E-state index contributed by atoms with van der Waals surface area (Å²) in [6, 6.07) is 13.0. The first-order valence-corrected chi connectivity index (χ1v) is 10.9. The van der Waals surface area contributed by atoms with E-state index in [1.807, 2.05) is 6.92 Å². The summed E-state index contributed by atoms with van der Waals surface area (Å²) in [7, 11) is -3.52. The molecule has 0 radical (unpaired) electrons. The first-order chi connectivity index (χ1) is 12.9. The average molecular weight is 407 g/mol. The summed E-state index contributed by atoms with van der Waals surface area (Å²) in [5.41, 5.74) is 0.975. The van der Waals surface area contributed by atoms with Crippen molar-refractivity contribution in [3.63, 3.8) is 0 Å². The molecule has 0 bridgehead atoms. The number of nitrogens with one attached hydrogen (secondary N) is 1. The fourth-order valence-electron chi connectivity index (χ4n) is 3.38. The maximum absolute atomic E-state index is 13.0. The lowest BCUT2D eigenvalue weighted by Gasteiger charge is -2.34. The van der Waals surface area contributed by atoms with Gasteiger partial charge in [-0.3, -0.25) is 4.79 Å². The summed E-state index contributed by atoms with van der Waals surface area (Å²) >= 11 is 5.91. The van der Waals surface area contributed by atoms with Gasteiger partial charge in [0, 0.05) is 28.9 Å². The van der Waals surface area contributed by atoms with Gasteiger partial charge in [0.1, 0.15) is 0 Å². The van der Waals surface area contributed by atoms with E-state index < -0.39 is 10.0 Å². The van der Waals surface area contributed by atoms with Crippen molar-refractivity contribution in [2.75, 3.05) is 11.9 Å². The molecule has 0 spiro atoms. The van der Waals surface area contributed by atoms with Crippen molar-refractivity contribution in [1.29, 1.82) is 0 Å². The van der Waals surface area contributed by atoms with Crippen molar-refractivity contribution in [1.82, 2.24) is 4.31 Å². The van der Waals surface area contributed by atoms with Crippen molar-refractivity contribution in [2.24, 2.45) is 0 Å². The van der Waals surface area contributed by atoms with E-state index in [-0.39, 0.29) is 16.8 Å². The lowest BCUT2D eigenvalue weighted by molar-refractivity contribution is 0.102. The summed E-state index contributed by atoms with van der Waals surface area (Å²) in [5.74, 6) is -0.296. The number of hydrogen-bond donors (Lipinski definition) is 1. The number of piperidine rings is 1. The number of sulfonamides is 1. The van der Waals surface area contributed by atoms with Gasteiger partial charge in [-0.25, -0.2) is 8.42 Å². The molecule has 1 heterocycles. The van der Waals surface area contributed by atoms with E-state index in [9.17, 15) is 13.2 Å². The summed E-state index contributed by atoms with van der Waals surface area (Å²) in [4.78, 5) is 12.5. The van der Waals surface area contributed by atoms with Crippen molar-refractivity contribution in [3.05, 3.63) is 59.1 Å². The second-order valence-electron chi connectivity index (χ2n) is 6.66. The van der Waals surface area contributed by atoms with Crippen LogP contribution in [-0.2, 0) is 10.0 Å². The standard InChI is InChI=1S/C20H23ClN2O3S/c1-2-18-8-3-4-13-23(18)27(25,26)19-11-9-17(10-12-19)22-20(24)15-6-5-7-16(21)14-15/h5-7,9-12,14,18H,2-4,8,13H2,1H3,(H,22,24)/t18-/m1/s1. The molecule has 0 aromatic heterocycles. The Kier molecular flexibility index (Phi) is 6.19. The van der Waals surface area contributed by atoms with E-state index >= 15 is 0 Å². The van der Waals surface area contributed by atoms with Crippen LogP contribution in [0.15, 0.2) is 53.4 Å². The van der Waals surface area contributed by atoms with Crippen LogP contribution >= 0.6 is 11.6 Å². The molecule has 7 heteroatoms. The molecule has 2 aromatic carbocycles. The molecule has 1 amide bonds. The van der Waals surface area contributed by atoms with Gasteiger partial charge < -0.3 is 5.32 Å². The second-order valence-corrected chi connectivity index (χ2v) is 8.99. The number of benzene rings is 2. The molecule has 1 fully saturated rings. The Hall–Kier alpha value is -1.89. The third-order valence-corrected chi connectivity index (χ3v) is 7.05. The largest absolute Gasteiger partial charge is 0.322 e. The summed E-state index contributed by atoms with van der Waals surface area (Å²) in [5, 5.41) is 3.24. The van der Waals surface area contributed by atoms with Crippen LogP contribution in [-0.4, -0.2) is 31.2 Å². The quantitative estimate of drug-likeness (QED) is 0.792. The van der Waals surface area contributed by atoms with E-state index in [0.29, 0.717) is 22.8 Å². The maximum Gasteiger partial charge on any atom is 0.255 e. The Morgan fingerprint density at radius 1 is 1.19 bits per heavy atom. The van der Waals surface area contributed by atoms with Crippen LogP contribution < -0.4 is 5.32 Å². The lowest BCUT2D eigenvalue weighted by atomic mass is 10.0. The average Bonchev–Trinajstić information content (AvgIpc) is 2.68. The molecule has 1 aliphatic heterocycles. The number of halogens is 1. The Balaban J connectivity index is 1.75. The van der Waals surface area contributed by atoms with Crippen molar-refractivity contribution in [3.8, 4) is 0 Å². The fourth-order valence-corrected chi connectivity index (χ4v) is 5.33. The topological polar surface area (TPSA) is 66.5 Å². The molecule has 0 saturated carbocycles. The summed E-state index contributed by atoms with van der Waals surface area (Å²) in [6.45, 7) is 2.58. The minimum Gasteiger partial charge on any atom is -0.322 e. The number of hydrogen-bond acceptors (Lipinski definition) is 3. The summed E-state index contributed by atoms with van der Waals surface area (Å²) in [6.07, 6.45) is 3.68. The zero-order chi connectivity index (χ0) is 19.4. The van der Waals surface area contributed by atoms with Gasteiger partial charge in [-0.1, -0.05) is 31.0 Å². The van der Waals surface area contributed by atoms with E-state index in [4.69, 9.17) is 11.6 Å². The van der Waals surface area contributed by atoms with Crippen LogP contribution in [0.25, 0.3) is 0 Å². The van der Waals surface area contributed by atoms with E-state index in [0.717, 1.165) is 25.7 Å². The van der Waals surface area contributed by atoms with Crippen molar-refractivity contribution >= 4 is 33.2 Å². The maximum atomic E-state index is 13.0. The highest BCUT2D eigenvalue weighted by atomic mass is 35.5. The Morgan fingerprint density at radius 2 is 1.93 bits per heavy atom. The number of carbonyl (C=O) groups is 1. The van der Waals surface area contributed by atoms with Gasteiger partial charge >= 0.3 is 0 Å². The third-order valence-electron chi connectivity index (χ3n) is 4.85. The van der Waals surface area contributed by atoms with Gasteiger partial charge in [-0.2, -0.15) is 4.31 Å². The normalized spacial score (nSPS) is 18.2. The highest BCUT2D eigenvalue weighted by Gasteiger charge is 2.32. The zero-order valence-electron chi connectivity index (χ0n) is 15.2. The molecule has 3 rings (SSSR count). The Labute approximate surface area is 165 Å². The van der Waals surface area contributed by atoms with E-state index in [1.165, 1.54) is 0 Å². The van der Waals surface area contributed by atoms with Crippen molar-refractivity contribution < 1.29 is 13.2 Å². The highest BCUT2D eigenvalue weighted by Crippen LogP contribution is 2.27. The molecule has 1 atom stereocenters. The molecule has 144 valence electrons. The molecule has 0 aliphatic carbocycles. The minimum absolute atomic E-state index is 0.0611. The van der Waals surface area contributed by atoms with Crippen LogP contribution in [0.5, 0.6) is 0 Å². The predicted molar refractivity (Wildman–Crippen MR) is 108 cm³/mol. The highest BCUT2D eigenvalue weighted by molar-refractivity contribution is 7.89. The number of amides is 1. The van der Waals surface area contributed by atoms with Gasteiger partial charge in [0.25, 0.3) is 5.91 Å². The summed E-state index contributed by atoms with van der Waals surface area (Å²) < 4.78 is 27.6. The monoisotopic (exact) mass is 406 g/mol. The predicted octanol–water partition coefficient (Wildman–Crippen LogP) is 4.55. The van der Waals surface area contributed by atoms with Crippen LogP contribution in [0.3, 0.4) is 0 Å². The van der Waals surface area contributed by atoms with Gasteiger partial charge in [-0.05, 0) is 61.7 Å². The fraction of sp³-hybridized carbons (Fsp3) is 0.350. The van der Waals surface area contributed by atoms with Crippen LogP contribution in [0.4, 0.5) is 5.69 Å². The first kappa shape index (κ1) is 19.9. The van der Waals surface area contributed by atoms with E-state index in [1.54, 1.807) is 52.8 Å². The number of nitrogens with zero attached hydrogens (tertiary/aromatic N) is 1. The zero-order valence-corrected chi connectivity index (χ0v) is 16.8. The SMILES string of the molecule is CC[C@@H]1CCCCN1S(=O)(=O)c1ccc(NC(=O)c2cccc(Cl)c2)cc1. The minimum atomic E-state index is -3.52. The second kappa shape index (κ2) is 8.42. The lowest BCUT2D eigenvalue weighted by Crippen LogP contribution is -2.43. The van der Waals surface area contributed by atoms with Gasteiger partial charge in [0.15, 0.2) is 0 Å². The van der Waals surface area contributed by atoms with Crippen LogP contribution in [0.1, 0.15) is 43.0 Å². The van der Waals surface area contributed by atoms with Crippen LogP contribution in [0.2, 0.25) is 5.02 Å². The molecule has 1 N–H and O–H groups in total. The first-order valence-electron chi connectivity index (χ1n) is 9.10. The molecule has 1 aliphatic rings. The third kappa shape index (κ3) is 4.51. The molecular formula is C20H23ClN2O3S. The molecule has 5 nitrogen and oxygen atoms in total. The van der Waals surface area contributed by atoms with Gasteiger partial charge in [-0.15, -0.1) is 0 Å². The molecular weight excluding hydrogens is 384 g/mol. The smallest absolute Gasteiger partial charge is 0.255 e. The van der Waals surface area contributed by atoms with E-state index in [2.05, 4.69) is 5.32 Å². The molecule has 0 unspecified atom stereocenters. The Morgan fingerprint density at radius 3 is 2.59 bits per heavy atom. The van der Waals surface area contributed by atoms with Gasteiger partial charge in [0.2, 0.25) is 10.0 Å². The molecule has 1 saturated heterocycles.